The van der Waals surface area contributed by atoms with Gasteiger partial charge in [-0.3, -0.25) is 4.79 Å². The zero-order chi connectivity index (χ0) is 22.6. The third-order valence-corrected chi connectivity index (χ3v) is 10.7. The van der Waals surface area contributed by atoms with E-state index in [2.05, 4.69) is 59.8 Å². The Kier molecular flexibility index (Phi) is 5.81. The van der Waals surface area contributed by atoms with Gasteiger partial charge >= 0.3 is 0 Å². The molecule has 170 valence electrons. The number of carbonyl (C=O) groups is 1. The van der Waals surface area contributed by atoms with E-state index in [4.69, 9.17) is 0 Å². The molecule has 2 fully saturated rings. The van der Waals surface area contributed by atoms with Gasteiger partial charge in [0.1, 0.15) is 5.78 Å². The maximum atomic E-state index is 12.3. The minimum Gasteiger partial charge on any atom is -0.300 e. The largest absolute Gasteiger partial charge is 0.300 e. The van der Waals surface area contributed by atoms with E-state index in [1.807, 2.05) is 0 Å². The van der Waals surface area contributed by atoms with Crippen LogP contribution in [-0.2, 0) is 4.79 Å². The summed E-state index contributed by atoms with van der Waals surface area (Å²) in [5.74, 6) is 3.71. The van der Waals surface area contributed by atoms with Gasteiger partial charge in [0, 0.05) is 18.3 Å². The van der Waals surface area contributed by atoms with Gasteiger partial charge < -0.3 is 0 Å². The van der Waals surface area contributed by atoms with E-state index >= 15 is 0 Å². The Morgan fingerprint density at radius 1 is 1.00 bits per heavy atom. The number of hydrogen-bond donors (Lipinski definition) is 0. The number of fused-ring (bicyclic) bond motifs is 4. The lowest BCUT2D eigenvalue weighted by atomic mass is 9.45. The first kappa shape index (κ1) is 22.8. The topological polar surface area (TPSA) is 40.9 Å². The maximum Gasteiger partial charge on any atom is 0.134 e. The number of rotatable bonds is 4. The van der Waals surface area contributed by atoms with Crippen LogP contribution in [0.15, 0.2) is 23.3 Å². The Bertz CT molecular complexity index is 843. The highest BCUT2D eigenvalue weighted by Gasteiger charge is 2.60. The minimum absolute atomic E-state index is 0.0825. The first-order chi connectivity index (χ1) is 14.6. The summed E-state index contributed by atoms with van der Waals surface area (Å²) >= 11 is 0. The number of nitrogens with zero attached hydrogens (tertiary/aromatic N) is 1. The van der Waals surface area contributed by atoms with Crippen LogP contribution in [0.4, 0.5) is 0 Å². The molecule has 0 heterocycles. The smallest absolute Gasteiger partial charge is 0.134 e. The number of hydrogen-bond acceptors (Lipinski definition) is 2. The Labute approximate surface area is 190 Å². The fraction of sp³-hybridized carbons (Fsp3) is 0.793. The number of ketones is 1. The lowest BCUT2D eigenvalue weighted by Gasteiger charge is -2.57. The van der Waals surface area contributed by atoms with E-state index in [0.29, 0.717) is 47.7 Å². The van der Waals surface area contributed by atoms with Crippen molar-refractivity contribution < 1.29 is 4.79 Å². The predicted molar refractivity (Wildman–Crippen MR) is 127 cm³/mol. The van der Waals surface area contributed by atoms with Gasteiger partial charge in [-0.05, 0) is 80.0 Å². The second kappa shape index (κ2) is 7.90. The number of nitriles is 1. The highest BCUT2D eigenvalue weighted by molar-refractivity contribution is 5.81. The first-order valence-electron chi connectivity index (χ1n) is 12.9. The normalized spacial score (nSPS) is 42.2. The van der Waals surface area contributed by atoms with Gasteiger partial charge in [-0.15, -0.1) is 0 Å². The molecule has 0 spiro atoms. The fourth-order valence-corrected chi connectivity index (χ4v) is 8.11. The molecule has 7 unspecified atom stereocenters. The van der Waals surface area contributed by atoms with Gasteiger partial charge in [-0.2, -0.15) is 5.26 Å². The molecule has 2 saturated carbocycles. The highest BCUT2D eigenvalue weighted by Crippen LogP contribution is 2.68. The molecular weight excluding hydrogens is 378 g/mol. The fourth-order valence-electron chi connectivity index (χ4n) is 8.11. The van der Waals surface area contributed by atoms with E-state index in [1.54, 1.807) is 11.1 Å². The third kappa shape index (κ3) is 3.37. The summed E-state index contributed by atoms with van der Waals surface area (Å²) < 4.78 is 0. The summed E-state index contributed by atoms with van der Waals surface area (Å²) in [6.07, 6.45) is 14.0. The summed E-state index contributed by atoms with van der Waals surface area (Å²) in [5.41, 5.74) is 3.17. The first-order valence-corrected chi connectivity index (χ1v) is 12.9. The SMILES string of the molecule is CC(C)C(C)/C=C/C(C)C1CCC2C3=C(CCC21C)C1(C)CCC(=O)CC1(C#N)CC3. The molecule has 0 amide bonds. The third-order valence-electron chi connectivity index (χ3n) is 10.7. The van der Waals surface area contributed by atoms with Gasteiger partial charge in [0.2, 0.25) is 0 Å². The van der Waals surface area contributed by atoms with Crippen molar-refractivity contribution in [1.29, 1.82) is 5.26 Å². The molecule has 0 aromatic heterocycles. The van der Waals surface area contributed by atoms with Crippen LogP contribution in [0.25, 0.3) is 0 Å². The van der Waals surface area contributed by atoms with Crippen molar-refractivity contribution in [2.75, 3.05) is 0 Å². The molecule has 31 heavy (non-hydrogen) atoms. The number of Topliss-reactive ketones (excluding diaryl/α,β-unsaturated/α-hetero) is 1. The number of allylic oxidation sites excluding steroid dienone is 4. The highest BCUT2D eigenvalue weighted by atomic mass is 16.1. The van der Waals surface area contributed by atoms with Crippen LogP contribution in [0.3, 0.4) is 0 Å². The summed E-state index contributed by atoms with van der Waals surface area (Å²) in [4.78, 5) is 12.3. The van der Waals surface area contributed by atoms with Crippen molar-refractivity contribution in [1.82, 2.24) is 0 Å². The van der Waals surface area contributed by atoms with Gasteiger partial charge in [-0.1, -0.05) is 64.8 Å². The zero-order valence-corrected chi connectivity index (χ0v) is 20.8. The molecule has 0 aliphatic heterocycles. The summed E-state index contributed by atoms with van der Waals surface area (Å²) in [6, 6.07) is 2.69. The molecule has 2 nitrogen and oxygen atoms in total. The Morgan fingerprint density at radius 3 is 2.42 bits per heavy atom. The van der Waals surface area contributed by atoms with E-state index < -0.39 is 5.41 Å². The van der Waals surface area contributed by atoms with Crippen molar-refractivity contribution in [3.63, 3.8) is 0 Å². The van der Waals surface area contributed by atoms with Crippen LogP contribution >= 0.6 is 0 Å². The molecule has 4 aliphatic carbocycles. The lowest BCUT2D eigenvalue weighted by molar-refractivity contribution is -0.127. The molecule has 0 aromatic rings. The summed E-state index contributed by atoms with van der Waals surface area (Å²) in [6.45, 7) is 14.3. The van der Waals surface area contributed by atoms with Gasteiger partial charge in [-0.25, -0.2) is 0 Å². The van der Waals surface area contributed by atoms with Crippen LogP contribution in [0.5, 0.6) is 0 Å². The van der Waals surface area contributed by atoms with Crippen LogP contribution in [0, 0.1) is 57.2 Å². The maximum absolute atomic E-state index is 12.3. The summed E-state index contributed by atoms with van der Waals surface area (Å²) in [5, 5.41) is 10.2. The zero-order valence-electron chi connectivity index (χ0n) is 20.8. The Balaban J connectivity index is 1.63. The minimum atomic E-state index is -0.448. The molecule has 7 atom stereocenters. The molecule has 2 heteroatoms. The average molecular weight is 422 g/mol. The van der Waals surface area contributed by atoms with Crippen LogP contribution in [0.1, 0.15) is 99.3 Å². The second-order valence-corrected chi connectivity index (χ2v) is 12.3. The van der Waals surface area contributed by atoms with Gasteiger partial charge in [0.05, 0.1) is 11.5 Å². The number of carbonyl (C=O) groups excluding carboxylic acids is 1. The molecule has 0 aromatic carbocycles. The van der Waals surface area contributed by atoms with Crippen molar-refractivity contribution in [3.8, 4) is 6.07 Å². The molecular formula is C29H43NO. The van der Waals surface area contributed by atoms with E-state index in [0.717, 1.165) is 31.6 Å². The van der Waals surface area contributed by atoms with Crippen molar-refractivity contribution >= 4 is 5.78 Å². The second-order valence-electron chi connectivity index (χ2n) is 12.3. The Hall–Kier alpha value is -1.36. The summed E-state index contributed by atoms with van der Waals surface area (Å²) in [7, 11) is 0. The van der Waals surface area contributed by atoms with Gasteiger partial charge in [0.15, 0.2) is 0 Å². The predicted octanol–water partition coefficient (Wildman–Crippen LogP) is 7.66. The van der Waals surface area contributed by atoms with Crippen LogP contribution in [-0.4, -0.2) is 5.78 Å². The molecule has 4 rings (SSSR count). The standard InChI is InChI=1S/C29H43NO/c1-19(2)20(3)7-8-21(4)24-9-10-25-23-12-16-29(18-30)17-22(31)11-15-28(29,6)26(23)13-14-27(24,25)5/h7-8,19-21,24-25H,9-17H2,1-6H3/b8-7+. The molecule has 0 N–H and O–H groups in total. The van der Waals surface area contributed by atoms with Crippen molar-refractivity contribution in [2.24, 2.45) is 45.8 Å². The van der Waals surface area contributed by atoms with Gasteiger partial charge in [0.25, 0.3) is 0 Å². The van der Waals surface area contributed by atoms with E-state index in [9.17, 15) is 10.1 Å². The van der Waals surface area contributed by atoms with Crippen molar-refractivity contribution in [2.45, 2.75) is 99.3 Å². The molecule has 4 aliphatic rings. The van der Waals surface area contributed by atoms with E-state index in [-0.39, 0.29) is 5.41 Å². The monoisotopic (exact) mass is 421 g/mol. The quantitative estimate of drug-likeness (QED) is 0.437. The molecule has 0 saturated heterocycles. The van der Waals surface area contributed by atoms with Crippen LogP contribution < -0.4 is 0 Å². The van der Waals surface area contributed by atoms with E-state index in [1.165, 1.54) is 19.3 Å². The molecule has 0 radical (unpaired) electrons. The van der Waals surface area contributed by atoms with Crippen molar-refractivity contribution in [3.05, 3.63) is 23.3 Å². The molecule has 0 bridgehead atoms. The average Bonchev–Trinajstić information content (AvgIpc) is 3.09. The Morgan fingerprint density at radius 2 is 1.74 bits per heavy atom. The lowest BCUT2D eigenvalue weighted by Crippen LogP contribution is -2.51. The van der Waals surface area contributed by atoms with Crippen LogP contribution in [0.2, 0.25) is 0 Å².